The monoisotopic (exact) mass is 288 g/mol. The van der Waals surface area contributed by atoms with Gasteiger partial charge in [-0.2, -0.15) is 0 Å². The molecule has 2 nitrogen and oxygen atoms in total. The summed E-state index contributed by atoms with van der Waals surface area (Å²) >= 11 is 7.61. The zero-order valence-corrected chi connectivity index (χ0v) is 11.8. The highest BCUT2D eigenvalue weighted by molar-refractivity contribution is 7.17. The third kappa shape index (κ3) is 2.88. The van der Waals surface area contributed by atoms with Gasteiger partial charge in [0.1, 0.15) is 5.82 Å². The van der Waals surface area contributed by atoms with Crippen molar-refractivity contribution in [2.75, 3.05) is 11.9 Å². The summed E-state index contributed by atoms with van der Waals surface area (Å²) in [5.74, 6) is 0.965. The molecule has 3 aromatic rings. The molecule has 0 amide bonds. The number of anilines is 1. The number of nitrogens with zero attached hydrogens (tertiary/aromatic N) is 1. The van der Waals surface area contributed by atoms with Gasteiger partial charge in [-0.1, -0.05) is 23.7 Å². The summed E-state index contributed by atoms with van der Waals surface area (Å²) in [5.41, 5.74) is 1.27. The number of nitrogens with one attached hydrogen (secondary N) is 1. The molecular weight excluding hydrogens is 276 g/mol. The molecule has 0 aliphatic carbocycles. The summed E-state index contributed by atoms with van der Waals surface area (Å²) in [6, 6.07) is 12.1. The Morgan fingerprint density at radius 3 is 2.79 bits per heavy atom. The minimum Gasteiger partial charge on any atom is -0.369 e. The number of fused-ring (bicyclic) bond motifs is 1. The molecule has 1 aromatic carbocycles. The summed E-state index contributed by atoms with van der Waals surface area (Å²) in [5, 5.41) is 7.47. The second kappa shape index (κ2) is 5.59. The minimum absolute atomic E-state index is 0.779. The average molecular weight is 289 g/mol. The predicted octanol–water partition coefficient (Wildman–Crippen LogP) is 4.60. The highest BCUT2D eigenvalue weighted by Crippen LogP contribution is 2.25. The van der Waals surface area contributed by atoms with E-state index < -0.39 is 0 Å². The van der Waals surface area contributed by atoms with Gasteiger partial charge in [0.15, 0.2) is 0 Å². The van der Waals surface area contributed by atoms with Gasteiger partial charge in [0, 0.05) is 27.9 Å². The lowest BCUT2D eigenvalue weighted by Gasteiger charge is -2.06. The Morgan fingerprint density at radius 1 is 1.11 bits per heavy atom. The largest absolute Gasteiger partial charge is 0.369 e. The van der Waals surface area contributed by atoms with Gasteiger partial charge >= 0.3 is 0 Å². The van der Waals surface area contributed by atoms with Crippen LogP contribution in [0.1, 0.15) is 5.56 Å². The molecule has 19 heavy (non-hydrogen) atoms. The molecule has 0 saturated carbocycles. The van der Waals surface area contributed by atoms with Crippen molar-refractivity contribution in [3.05, 3.63) is 58.6 Å². The Hall–Kier alpha value is -1.58. The van der Waals surface area contributed by atoms with Crippen LogP contribution in [0.2, 0.25) is 5.02 Å². The van der Waals surface area contributed by atoms with Gasteiger partial charge in [-0.25, -0.2) is 4.98 Å². The Morgan fingerprint density at radius 2 is 1.95 bits per heavy atom. The number of hydrogen-bond acceptors (Lipinski definition) is 3. The number of pyridine rings is 1. The van der Waals surface area contributed by atoms with Crippen molar-refractivity contribution >= 4 is 38.8 Å². The number of thiophene rings is 1. The van der Waals surface area contributed by atoms with E-state index in [0.717, 1.165) is 23.8 Å². The van der Waals surface area contributed by atoms with Crippen LogP contribution in [-0.2, 0) is 6.42 Å². The van der Waals surface area contributed by atoms with E-state index in [1.807, 2.05) is 24.4 Å². The summed E-state index contributed by atoms with van der Waals surface area (Å²) in [6.45, 7) is 0.865. The Bertz CT molecular complexity index is 676. The van der Waals surface area contributed by atoms with Crippen LogP contribution in [0.3, 0.4) is 0 Å². The lowest BCUT2D eigenvalue weighted by Crippen LogP contribution is -2.06. The van der Waals surface area contributed by atoms with Crippen molar-refractivity contribution < 1.29 is 0 Å². The molecule has 0 radical (unpaired) electrons. The highest BCUT2D eigenvalue weighted by Gasteiger charge is 2.02. The molecule has 0 aliphatic rings. The van der Waals surface area contributed by atoms with Crippen LogP contribution in [0.5, 0.6) is 0 Å². The zero-order valence-electron chi connectivity index (χ0n) is 10.3. The van der Waals surface area contributed by atoms with Gasteiger partial charge in [-0.05, 0) is 41.6 Å². The maximum Gasteiger partial charge on any atom is 0.134 e. The van der Waals surface area contributed by atoms with Crippen LogP contribution >= 0.6 is 22.9 Å². The molecule has 0 spiro atoms. The molecule has 0 unspecified atom stereocenters. The van der Waals surface area contributed by atoms with E-state index in [1.54, 1.807) is 11.3 Å². The number of rotatable bonds is 4. The van der Waals surface area contributed by atoms with Gasteiger partial charge in [-0.3, -0.25) is 0 Å². The first-order valence-electron chi connectivity index (χ1n) is 6.13. The fourth-order valence-corrected chi connectivity index (χ4v) is 2.92. The number of hydrogen-bond donors (Lipinski definition) is 1. The maximum absolute atomic E-state index is 5.87. The van der Waals surface area contributed by atoms with Crippen LogP contribution in [0.4, 0.5) is 5.82 Å². The quantitative estimate of drug-likeness (QED) is 0.759. The number of benzene rings is 1. The summed E-state index contributed by atoms with van der Waals surface area (Å²) in [7, 11) is 0. The van der Waals surface area contributed by atoms with Gasteiger partial charge in [0.2, 0.25) is 0 Å². The van der Waals surface area contributed by atoms with E-state index >= 15 is 0 Å². The van der Waals surface area contributed by atoms with Crippen molar-refractivity contribution in [3.8, 4) is 0 Å². The SMILES string of the molecule is Clc1ccc(CCNc2nccc3sccc23)cc1. The van der Waals surface area contributed by atoms with Crippen molar-refractivity contribution in [2.24, 2.45) is 0 Å². The topological polar surface area (TPSA) is 24.9 Å². The predicted molar refractivity (Wildman–Crippen MR) is 83.3 cm³/mol. The molecule has 96 valence electrons. The normalized spacial score (nSPS) is 10.8. The molecular formula is C15H13ClN2S. The van der Waals surface area contributed by atoms with Crippen molar-refractivity contribution in [3.63, 3.8) is 0 Å². The Balaban J connectivity index is 1.66. The standard InChI is InChI=1S/C15H13ClN2S/c16-12-3-1-11(2-4-12)5-8-17-15-13-7-10-19-14(13)6-9-18-15/h1-4,6-7,9-10H,5,8H2,(H,17,18). The third-order valence-corrected chi connectivity index (χ3v) is 4.13. The smallest absolute Gasteiger partial charge is 0.134 e. The summed E-state index contributed by atoms with van der Waals surface area (Å²) in [6.07, 6.45) is 2.81. The van der Waals surface area contributed by atoms with Gasteiger partial charge < -0.3 is 5.32 Å². The molecule has 0 saturated heterocycles. The van der Waals surface area contributed by atoms with Gasteiger partial charge in [-0.15, -0.1) is 11.3 Å². The number of aromatic nitrogens is 1. The zero-order chi connectivity index (χ0) is 13.1. The molecule has 0 fully saturated rings. The molecule has 3 rings (SSSR count). The molecule has 0 bridgehead atoms. The van der Waals surface area contributed by atoms with Crippen LogP contribution in [0.25, 0.3) is 10.1 Å². The van der Waals surface area contributed by atoms with E-state index in [-0.39, 0.29) is 0 Å². The first kappa shape index (κ1) is 12.5. The van der Waals surface area contributed by atoms with Crippen LogP contribution in [-0.4, -0.2) is 11.5 Å². The second-order valence-corrected chi connectivity index (χ2v) is 5.68. The van der Waals surface area contributed by atoms with E-state index in [0.29, 0.717) is 0 Å². The van der Waals surface area contributed by atoms with Crippen LogP contribution in [0.15, 0.2) is 48.0 Å². The van der Waals surface area contributed by atoms with Gasteiger partial charge in [0.05, 0.1) is 0 Å². The highest BCUT2D eigenvalue weighted by atomic mass is 35.5. The van der Waals surface area contributed by atoms with E-state index in [2.05, 4.69) is 33.9 Å². The Labute approximate surface area is 121 Å². The van der Waals surface area contributed by atoms with E-state index in [1.165, 1.54) is 15.6 Å². The van der Waals surface area contributed by atoms with Crippen molar-refractivity contribution in [1.82, 2.24) is 4.98 Å². The summed E-state index contributed by atoms with van der Waals surface area (Å²) in [4.78, 5) is 4.40. The summed E-state index contributed by atoms with van der Waals surface area (Å²) < 4.78 is 1.27. The molecule has 0 atom stereocenters. The van der Waals surface area contributed by atoms with Crippen LogP contribution in [0, 0.1) is 0 Å². The lowest BCUT2D eigenvalue weighted by atomic mass is 10.1. The van der Waals surface area contributed by atoms with Gasteiger partial charge in [0.25, 0.3) is 0 Å². The molecule has 1 N–H and O–H groups in total. The first-order chi connectivity index (χ1) is 9.33. The molecule has 2 aromatic heterocycles. The third-order valence-electron chi connectivity index (χ3n) is 3.00. The second-order valence-electron chi connectivity index (χ2n) is 4.30. The first-order valence-corrected chi connectivity index (χ1v) is 7.39. The number of halogens is 1. The fraction of sp³-hybridized carbons (Fsp3) is 0.133. The maximum atomic E-state index is 5.87. The van der Waals surface area contributed by atoms with Crippen molar-refractivity contribution in [2.45, 2.75) is 6.42 Å². The fourth-order valence-electron chi connectivity index (χ4n) is 2.01. The minimum atomic E-state index is 0.779. The average Bonchev–Trinajstić information content (AvgIpc) is 2.90. The van der Waals surface area contributed by atoms with E-state index in [4.69, 9.17) is 11.6 Å². The lowest BCUT2D eigenvalue weighted by molar-refractivity contribution is 1.01. The molecule has 0 aliphatic heterocycles. The Kier molecular flexibility index (Phi) is 3.67. The van der Waals surface area contributed by atoms with E-state index in [9.17, 15) is 0 Å². The van der Waals surface area contributed by atoms with Crippen LogP contribution < -0.4 is 5.32 Å². The van der Waals surface area contributed by atoms with Crippen molar-refractivity contribution in [1.29, 1.82) is 0 Å². The molecule has 4 heteroatoms. The molecule has 2 heterocycles.